The maximum absolute atomic E-state index is 5.80. The van der Waals surface area contributed by atoms with E-state index in [1.165, 1.54) is 0 Å². The first-order valence-electron chi connectivity index (χ1n) is 4.39. The van der Waals surface area contributed by atoms with Gasteiger partial charge in [0.1, 0.15) is 0 Å². The predicted molar refractivity (Wildman–Crippen MR) is 56.9 cm³/mol. The van der Waals surface area contributed by atoms with Gasteiger partial charge in [0.05, 0.1) is 23.5 Å². The van der Waals surface area contributed by atoms with E-state index in [2.05, 4.69) is 10.9 Å². The van der Waals surface area contributed by atoms with Crippen LogP contribution in [0.25, 0.3) is 5.65 Å². The molecule has 2 aromatic rings. The van der Waals surface area contributed by atoms with Crippen molar-refractivity contribution in [1.82, 2.24) is 9.38 Å². The smallest absolute Gasteiger partial charge is 0.160 e. The molecule has 70 valence electrons. The number of fused-ring (bicyclic) bond motifs is 1. The molecule has 2 N–H and O–H groups in total. The van der Waals surface area contributed by atoms with E-state index in [9.17, 15) is 0 Å². The fourth-order valence-electron chi connectivity index (χ4n) is 1.56. The lowest BCUT2D eigenvalue weighted by atomic mass is 10.2. The molecule has 0 aliphatic rings. The number of nitrogens with two attached hydrogens (primary N) is 1. The van der Waals surface area contributed by atoms with Crippen LogP contribution in [0.5, 0.6) is 0 Å². The fraction of sp³-hybridized carbons (Fsp3) is 0.182. The van der Waals surface area contributed by atoms with Gasteiger partial charge in [-0.25, -0.2) is 4.98 Å². The zero-order valence-electron chi connectivity index (χ0n) is 7.99. The van der Waals surface area contributed by atoms with Crippen molar-refractivity contribution in [2.45, 2.75) is 13.3 Å². The average molecular weight is 185 g/mol. The maximum Gasteiger partial charge on any atom is 0.160 e. The summed E-state index contributed by atoms with van der Waals surface area (Å²) < 4.78 is 1.95. The number of rotatable bonds is 1. The molecular formula is C11H11N3. The summed E-state index contributed by atoms with van der Waals surface area (Å²) in [4.78, 5) is 4.37. The van der Waals surface area contributed by atoms with Gasteiger partial charge in [-0.15, -0.1) is 12.3 Å². The van der Waals surface area contributed by atoms with Crippen molar-refractivity contribution in [1.29, 1.82) is 0 Å². The SMILES string of the molecule is C#CCc1c(C)nc2c(N)cccn12. The largest absolute Gasteiger partial charge is 0.396 e. The Balaban J connectivity index is 2.78. The number of hydrogen-bond acceptors (Lipinski definition) is 2. The first-order chi connectivity index (χ1) is 6.74. The molecule has 3 heteroatoms. The number of anilines is 1. The molecule has 2 aromatic heterocycles. The number of hydrogen-bond donors (Lipinski definition) is 1. The number of aromatic nitrogens is 2. The summed E-state index contributed by atoms with van der Waals surface area (Å²) in [7, 11) is 0. The highest BCUT2D eigenvalue weighted by Crippen LogP contribution is 2.17. The van der Waals surface area contributed by atoms with E-state index in [1.807, 2.05) is 29.7 Å². The van der Waals surface area contributed by atoms with Crippen molar-refractivity contribution in [2.24, 2.45) is 0 Å². The Labute approximate surface area is 82.6 Å². The molecule has 0 bridgehead atoms. The molecule has 3 nitrogen and oxygen atoms in total. The van der Waals surface area contributed by atoms with Crippen molar-refractivity contribution in [2.75, 3.05) is 5.73 Å². The Morgan fingerprint density at radius 3 is 3.14 bits per heavy atom. The summed E-state index contributed by atoms with van der Waals surface area (Å²) >= 11 is 0. The van der Waals surface area contributed by atoms with E-state index in [4.69, 9.17) is 12.2 Å². The van der Waals surface area contributed by atoms with Gasteiger partial charge >= 0.3 is 0 Å². The molecule has 0 aliphatic carbocycles. The quantitative estimate of drug-likeness (QED) is 0.682. The summed E-state index contributed by atoms with van der Waals surface area (Å²) in [6.45, 7) is 1.94. The maximum atomic E-state index is 5.80. The van der Waals surface area contributed by atoms with E-state index >= 15 is 0 Å². The second-order valence-corrected chi connectivity index (χ2v) is 3.18. The molecule has 0 saturated heterocycles. The van der Waals surface area contributed by atoms with Gasteiger partial charge in [-0.1, -0.05) is 0 Å². The summed E-state index contributed by atoms with van der Waals surface area (Å²) in [5.74, 6) is 2.62. The minimum Gasteiger partial charge on any atom is -0.396 e. The molecule has 2 heterocycles. The standard InChI is InChI=1S/C11H11N3/c1-3-5-10-8(2)13-11-9(12)6-4-7-14(10)11/h1,4,6-7H,5,12H2,2H3. The Bertz CT molecular complexity index is 517. The number of nitrogens with zero attached hydrogens (tertiary/aromatic N) is 2. The van der Waals surface area contributed by atoms with Crippen molar-refractivity contribution in [3.8, 4) is 12.3 Å². The lowest BCUT2D eigenvalue weighted by Gasteiger charge is -1.99. The molecule has 0 unspecified atom stereocenters. The van der Waals surface area contributed by atoms with Crippen LogP contribution in [0.15, 0.2) is 18.3 Å². The first kappa shape index (κ1) is 8.64. The van der Waals surface area contributed by atoms with Gasteiger partial charge in [-0.05, 0) is 19.1 Å². The molecule has 0 atom stereocenters. The third kappa shape index (κ3) is 1.12. The molecular weight excluding hydrogens is 174 g/mol. The van der Waals surface area contributed by atoms with Gasteiger partial charge in [-0.2, -0.15) is 0 Å². The molecule has 0 saturated carbocycles. The number of pyridine rings is 1. The van der Waals surface area contributed by atoms with Crippen molar-refractivity contribution in [3.63, 3.8) is 0 Å². The van der Waals surface area contributed by atoms with Gasteiger partial charge < -0.3 is 10.1 Å². The summed E-state index contributed by atoms with van der Waals surface area (Å²) in [6.07, 6.45) is 7.80. The third-order valence-corrected chi connectivity index (χ3v) is 2.25. The minimum atomic E-state index is 0.580. The topological polar surface area (TPSA) is 43.3 Å². The second kappa shape index (κ2) is 3.08. The number of aryl methyl sites for hydroxylation is 1. The van der Waals surface area contributed by atoms with E-state index in [-0.39, 0.29) is 0 Å². The highest BCUT2D eigenvalue weighted by Gasteiger charge is 2.08. The zero-order valence-corrected chi connectivity index (χ0v) is 7.99. The predicted octanol–water partition coefficient (Wildman–Crippen LogP) is 1.40. The lowest BCUT2D eigenvalue weighted by molar-refractivity contribution is 1.05. The monoisotopic (exact) mass is 185 g/mol. The van der Waals surface area contributed by atoms with Crippen molar-refractivity contribution < 1.29 is 0 Å². The van der Waals surface area contributed by atoms with E-state index < -0.39 is 0 Å². The number of imidazole rings is 1. The Kier molecular flexibility index (Phi) is 1.90. The molecule has 0 fully saturated rings. The van der Waals surface area contributed by atoms with Gasteiger partial charge in [0.2, 0.25) is 0 Å². The summed E-state index contributed by atoms with van der Waals surface area (Å²) in [5.41, 5.74) is 9.25. The fourth-order valence-corrected chi connectivity index (χ4v) is 1.56. The number of terminal acetylenes is 1. The van der Waals surface area contributed by atoms with Crippen LogP contribution in [-0.2, 0) is 6.42 Å². The van der Waals surface area contributed by atoms with Crippen LogP contribution < -0.4 is 5.73 Å². The molecule has 0 spiro atoms. The normalized spacial score (nSPS) is 10.3. The van der Waals surface area contributed by atoms with Crippen LogP contribution >= 0.6 is 0 Å². The van der Waals surface area contributed by atoms with E-state index in [0.717, 1.165) is 17.0 Å². The zero-order chi connectivity index (χ0) is 10.1. The van der Waals surface area contributed by atoms with Crippen LogP contribution in [0.2, 0.25) is 0 Å². The van der Waals surface area contributed by atoms with Crippen LogP contribution in [0.4, 0.5) is 5.69 Å². The molecule has 2 rings (SSSR count). The Hall–Kier alpha value is -1.95. The molecule has 0 aromatic carbocycles. The highest BCUT2D eigenvalue weighted by molar-refractivity contribution is 5.65. The van der Waals surface area contributed by atoms with Crippen LogP contribution in [0, 0.1) is 19.3 Å². The minimum absolute atomic E-state index is 0.580. The first-order valence-corrected chi connectivity index (χ1v) is 4.39. The second-order valence-electron chi connectivity index (χ2n) is 3.18. The van der Waals surface area contributed by atoms with Gasteiger partial charge in [0, 0.05) is 6.20 Å². The average Bonchev–Trinajstić information content (AvgIpc) is 2.47. The van der Waals surface area contributed by atoms with Crippen molar-refractivity contribution in [3.05, 3.63) is 29.7 Å². The van der Waals surface area contributed by atoms with Gasteiger partial charge in [0.15, 0.2) is 5.65 Å². The molecule has 14 heavy (non-hydrogen) atoms. The highest BCUT2D eigenvalue weighted by atomic mass is 15.0. The molecule has 0 aliphatic heterocycles. The van der Waals surface area contributed by atoms with Crippen LogP contribution in [-0.4, -0.2) is 9.38 Å². The van der Waals surface area contributed by atoms with Gasteiger partial charge in [0.25, 0.3) is 0 Å². The van der Waals surface area contributed by atoms with Crippen LogP contribution in [0.1, 0.15) is 11.4 Å². The summed E-state index contributed by atoms with van der Waals surface area (Å²) in [6, 6.07) is 3.73. The van der Waals surface area contributed by atoms with E-state index in [0.29, 0.717) is 12.1 Å². The van der Waals surface area contributed by atoms with Crippen molar-refractivity contribution >= 4 is 11.3 Å². The Morgan fingerprint density at radius 2 is 2.43 bits per heavy atom. The van der Waals surface area contributed by atoms with E-state index in [1.54, 1.807) is 0 Å². The molecule has 0 amide bonds. The number of nitrogen functional groups attached to an aromatic ring is 1. The Morgan fingerprint density at radius 1 is 1.64 bits per heavy atom. The lowest BCUT2D eigenvalue weighted by Crippen LogP contribution is -1.95. The summed E-state index contributed by atoms with van der Waals surface area (Å²) in [5, 5.41) is 0. The third-order valence-electron chi connectivity index (χ3n) is 2.25. The molecule has 0 radical (unpaired) electrons. The van der Waals surface area contributed by atoms with Gasteiger partial charge in [-0.3, -0.25) is 0 Å². The van der Waals surface area contributed by atoms with Crippen LogP contribution in [0.3, 0.4) is 0 Å².